The van der Waals surface area contributed by atoms with E-state index < -0.39 is 23.9 Å². The smallest absolute Gasteiger partial charge is 0.311 e. The third-order valence-electron chi connectivity index (χ3n) is 4.97. The van der Waals surface area contributed by atoms with Crippen LogP contribution in [0.15, 0.2) is 36.4 Å². The van der Waals surface area contributed by atoms with Gasteiger partial charge in [-0.05, 0) is 57.9 Å². The monoisotopic (exact) mass is 466 g/mol. The van der Waals surface area contributed by atoms with Gasteiger partial charge in [-0.25, -0.2) is 0 Å². The van der Waals surface area contributed by atoms with Crippen LogP contribution in [-0.2, 0) is 19.2 Å². The maximum Gasteiger partial charge on any atom is 0.311 e. The van der Waals surface area contributed by atoms with Gasteiger partial charge in [-0.15, -0.1) is 0 Å². The Balaban J connectivity index is 2.19. The molecule has 0 aromatic heterocycles. The highest BCUT2D eigenvalue weighted by Gasteiger charge is 2.17. The minimum atomic E-state index is -0.468. The summed E-state index contributed by atoms with van der Waals surface area (Å²) in [5.41, 5.74) is 0. The second kappa shape index (κ2) is 10.8. The highest BCUT2D eigenvalue weighted by molar-refractivity contribution is 6.01. The van der Waals surface area contributed by atoms with Gasteiger partial charge in [-0.2, -0.15) is 0 Å². The standard InChI is InChI=1S/C26H26O8/c1-5-23(27)31-19-11-15-9-17-13-21(33-25(29)7-3)22(34-26(30)8-4)14-18(17)10-16(15)12-20(19)32-24(28)6-2/h9-14H,5-8H2,1-4H3. The molecule has 8 heteroatoms. The average molecular weight is 466 g/mol. The van der Waals surface area contributed by atoms with Crippen LogP contribution in [0.4, 0.5) is 0 Å². The molecule has 0 amide bonds. The van der Waals surface area contributed by atoms with E-state index in [4.69, 9.17) is 18.9 Å². The highest BCUT2D eigenvalue weighted by Crippen LogP contribution is 2.38. The zero-order chi connectivity index (χ0) is 24.8. The molecule has 3 aromatic carbocycles. The normalized spacial score (nSPS) is 10.7. The molecule has 0 aliphatic rings. The molecule has 0 aliphatic carbocycles. The third-order valence-corrected chi connectivity index (χ3v) is 4.97. The van der Waals surface area contributed by atoms with Crippen LogP contribution in [0.5, 0.6) is 23.0 Å². The Morgan fingerprint density at radius 2 is 0.647 bits per heavy atom. The molecular weight excluding hydrogens is 440 g/mol. The van der Waals surface area contributed by atoms with Crippen molar-refractivity contribution in [3.63, 3.8) is 0 Å². The Hall–Kier alpha value is -3.94. The molecule has 0 heterocycles. The van der Waals surface area contributed by atoms with E-state index in [0.29, 0.717) is 21.5 Å². The van der Waals surface area contributed by atoms with Crippen molar-refractivity contribution < 1.29 is 38.1 Å². The number of fused-ring (bicyclic) bond motifs is 2. The number of rotatable bonds is 8. The van der Waals surface area contributed by atoms with Crippen LogP contribution < -0.4 is 18.9 Å². The second-order valence-corrected chi connectivity index (χ2v) is 7.45. The molecule has 0 saturated heterocycles. The molecule has 0 saturated carbocycles. The summed E-state index contributed by atoms with van der Waals surface area (Å²) in [6.07, 6.45) is 0.620. The number of ether oxygens (including phenoxy) is 4. The van der Waals surface area contributed by atoms with E-state index >= 15 is 0 Å². The molecule has 34 heavy (non-hydrogen) atoms. The van der Waals surface area contributed by atoms with Crippen molar-refractivity contribution in [1.82, 2.24) is 0 Å². The van der Waals surface area contributed by atoms with Gasteiger partial charge in [0.1, 0.15) is 0 Å². The van der Waals surface area contributed by atoms with Crippen molar-refractivity contribution in [3.05, 3.63) is 36.4 Å². The number of esters is 4. The predicted molar refractivity (Wildman–Crippen MR) is 125 cm³/mol. The molecular formula is C26H26O8. The summed E-state index contributed by atoms with van der Waals surface area (Å²) < 4.78 is 21.5. The molecule has 0 atom stereocenters. The lowest BCUT2D eigenvalue weighted by atomic mass is 10.0. The average Bonchev–Trinajstić information content (AvgIpc) is 2.83. The van der Waals surface area contributed by atoms with Gasteiger partial charge in [0, 0.05) is 25.7 Å². The van der Waals surface area contributed by atoms with Crippen LogP contribution >= 0.6 is 0 Å². The van der Waals surface area contributed by atoms with Crippen molar-refractivity contribution in [3.8, 4) is 23.0 Å². The maximum atomic E-state index is 11.9. The SMILES string of the molecule is CCC(=O)Oc1cc2cc3cc(OC(=O)CC)c(OC(=O)CC)cc3cc2cc1OC(=O)CC. The predicted octanol–water partition coefficient (Wildman–Crippen LogP) is 5.25. The highest BCUT2D eigenvalue weighted by atomic mass is 16.6. The Labute approximate surface area is 196 Å². The first-order valence-corrected chi connectivity index (χ1v) is 11.2. The Bertz CT molecular complexity index is 1080. The Morgan fingerprint density at radius 3 is 0.824 bits per heavy atom. The lowest BCUT2D eigenvalue weighted by Gasteiger charge is -2.14. The first-order chi connectivity index (χ1) is 16.3. The van der Waals surface area contributed by atoms with Crippen LogP contribution in [0.3, 0.4) is 0 Å². The van der Waals surface area contributed by atoms with E-state index in [1.807, 2.05) is 12.1 Å². The lowest BCUT2D eigenvalue weighted by Crippen LogP contribution is -2.11. The quantitative estimate of drug-likeness (QED) is 0.252. The molecule has 0 aliphatic heterocycles. The van der Waals surface area contributed by atoms with Crippen LogP contribution in [-0.4, -0.2) is 23.9 Å². The molecule has 0 spiro atoms. The summed E-state index contributed by atoms with van der Waals surface area (Å²) in [4.78, 5) is 47.6. The largest absolute Gasteiger partial charge is 0.422 e. The van der Waals surface area contributed by atoms with Crippen LogP contribution in [0, 0.1) is 0 Å². The van der Waals surface area contributed by atoms with Crippen molar-refractivity contribution in [2.24, 2.45) is 0 Å². The molecule has 0 bridgehead atoms. The second-order valence-electron chi connectivity index (χ2n) is 7.45. The van der Waals surface area contributed by atoms with Gasteiger partial charge < -0.3 is 18.9 Å². The van der Waals surface area contributed by atoms with E-state index in [1.54, 1.807) is 52.0 Å². The summed E-state index contributed by atoms with van der Waals surface area (Å²) in [7, 11) is 0. The summed E-state index contributed by atoms with van der Waals surface area (Å²) >= 11 is 0. The number of hydrogen-bond donors (Lipinski definition) is 0. The first kappa shape index (κ1) is 24.7. The molecule has 8 nitrogen and oxygen atoms in total. The number of hydrogen-bond acceptors (Lipinski definition) is 8. The Kier molecular flexibility index (Phi) is 7.83. The minimum absolute atomic E-state index is 0.131. The van der Waals surface area contributed by atoms with E-state index in [0.717, 1.165) is 0 Å². The topological polar surface area (TPSA) is 105 Å². The van der Waals surface area contributed by atoms with Gasteiger partial charge in [0.25, 0.3) is 0 Å². The minimum Gasteiger partial charge on any atom is -0.422 e. The van der Waals surface area contributed by atoms with Crippen molar-refractivity contribution >= 4 is 45.4 Å². The van der Waals surface area contributed by atoms with Gasteiger partial charge in [0.15, 0.2) is 23.0 Å². The molecule has 3 aromatic rings. The first-order valence-electron chi connectivity index (χ1n) is 11.2. The van der Waals surface area contributed by atoms with E-state index in [9.17, 15) is 19.2 Å². The van der Waals surface area contributed by atoms with Crippen LogP contribution in [0.2, 0.25) is 0 Å². The fraction of sp³-hybridized carbons (Fsp3) is 0.308. The van der Waals surface area contributed by atoms with E-state index in [1.165, 1.54) is 0 Å². The summed E-state index contributed by atoms with van der Waals surface area (Å²) in [5.74, 6) is -1.35. The van der Waals surface area contributed by atoms with Crippen molar-refractivity contribution in [2.75, 3.05) is 0 Å². The van der Waals surface area contributed by atoms with Gasteiger partial charge in [0.2, 0.25) is 0 Å². The fourth-order valence-electron chi connectivity index (χ4n) is 3.12. The summed E-state index contributed by atoms with van der Waals surface area (Å²) in [6.45, 7) is 6.65. The zero-order valence-corrected chi connectivity index (χ0v) is 19.6. The van der Waals surface area contributed by atoms with E-state index in [-0.39, 0.29) is 48.7 Å². The molecule has 3 rings (SSSR count). The van der Waals surface area contributed by atoms with Crippen molar-refractivity contribution in [2.45, 2.75) is 53.4 Å². The molecule has 0 fully saturated rings. The lowest BCUT2D eigenvalue weighted by molar-refractivity contribution is -0.136. The van der Waals surface area contributed by atoms with E-state index in [2.05, 4.69) is 0 Å². The van der Waals surface area contributed by atoms with Gasteiger partial charge in [-0.1, -0.05) is 27.7 Å². The molecule has 178 valence electrons. The van der Waals surface area contributed by atoms with Gasteiger partial charge >= 0.3 is 23.9 Å². The van der Waals surface area contributed by atoms with Crippen LogP contribution in [0.1, 0.15) is 53.4 Å². The fourth-order valence-corrected chi connectivity index (χ4v) is 3.12. The number of carbonyl (C=O) groups is 4. The molecule has 0 N–H and O–H groups in total. The zero-order valence-electron chi connectivity index (χ0n) is 19.6. The summed E-state index contributed by atoms with van der Waals surface area (Å²) in [5, 5.41) is 2.81. The van der Waals surface area contributed by atoms with Gasteiger partial charge in [-0.3, -0.25) is 19.2 Å². The number of benzene rings is 3. The molecule has 0 unspecified atom stereocenters. The number of carbonyl (C=O) groups excluding carboxylic acids is 4. The van der Waals surface area contributed by atoms with Gasteiger partial charge in [0.05, 0.1) is 0 Å². The summed E-state index contributed by atoms with van der Waals surface area (Å²) in [6, 6.07) is 10.1. The maximum absolute atomic E-state index is 11.9. The third kappa shape index (κ3) is 5.70. The molecule has 0 radical (unpaired) electrons. The van der Waals surface area contributed by atoms with Crippen molar-refractivity contribution in [1.29, 1.82) is 0 Å². The van der Waals surface area contributed by atoms with Crippen LogP contribution in [0.25, 0.3) is 21.5 Å². The Morgan fingerprint density at radius 1 is 0.441 bits per heavy atom.